The van der Waals surface area contributed by atoms with Crippen molar-refractivity contribution in [2.75, 3.05) is 0 Å². The molecule has 0 spiro atoms. The molecule has 1 amide bonds. The van der Waals surface area contributed by atoms with Gasteiger partial charge in [-0.3, -0.25) is 14.6 Å². The van der Waals surface area contributed by atoms with Crippen molar-refractivity contribution in [1.29, 1.82) is 0 Å². The third kappa shape index (κ3) is 4.15. The number of hydrogen-bond acceptors (Lipinski definition) is 6. The van der Waals surface area contributed by atoms with E-state index in [2.05, 4.69) is 15.2 Å². The van der Waals surface area contributed by atoms with Crippen LogP contribution in [0.4, 0.5) is 13.2 Å². The second-order valence-electron chi connectivity index (χ2n) is 6.37. The smallest absolute Gasteiger partial charge is 0.420 e. The van der Waals surface area contributed by atoms with E-state index in [9.17, 15) is 22.8 Å². The summed E-state index contributed by atoms with van der Waals surface area (Å²) < 4.78 is 47.0. The Bertz CT molecular complexity index is 1290. The lowest BCUT2D eigenvalue weighted by molar-refractivity contribution is -0.136. The molecule has 0 aliphatic rings. The second kappa shape index (κ2) is 8.36. The highest BCUT2D eigenvalue weighted by atomic mass is 35.5. The number of carbonyl (C=O) groups excluding carboxylic acids is 2. The largest absolute Gasteiger partial charge is 0.464 e. The van der Waals surface area contributed by atoms with E-state index in [4.69, 9.17) is 16.0 Å². The van der Waals surface area contributed by atoms with Gasteiger partial charge in [0.1, 0.15) is 10.9 Å². The van der Waals surface area contributed by atoms with Crippen molar-refractivity contribution in [3.05, 3.63) is 83.0 Å². The zero-order chi connectivity index (χ0) is 22.9. The number of fused-ring (bicyclic) bond motifs is 1. The van der Waals surface area contributed by atoms with Gasteiger partial charge in [-0.05, 0) is 30.3 Å². The average molecular weight is 465 g/mol. The summed E-state index contributed by atoms with van der Waals surface area (Å²) in [5, 5.41) is -0.417. The molecule has 0 unspecified atom stereocenters. The van der Waals surface area contributed by atoms with Crippen LogP contribution in [0.3, 0.4) is 0 Å². The number of nitrogens with zero attached hydrogens (tertiary/aromatic N) is 2. The van der Waals surface area contributed by atoms with Crippen LogP contribution in [0.15, 0.2) is 65.4 Å². The molecule has 0 saturated heterocycles. The van der Waals surface area contributed by atoms with E-state index in [0.29, 0.717) is 0 Å². The SMILES string of the molecule is O=C(NNOC(=O)c1nc2c(C(F)(F)F)cc(-c3ccco3)cn2c1Cl)c1ccccc1. The number of imidazole rings is 1. The molecule has 3 aromatic heterocycles. The Balaban J connectivity index is 1.61. The van der Waals surface area contributed by atoms with Crippen molar-refractivity contribution in [2.45, 2.75) is 6.18 Å². The number of aromatic nitrogens is 2. The number of nitrogens with one attached hydrogen (secondary N) is 2. The molecule has 0 radical (unpaired) electrons. The van der Waals surface area contributed by atoms with Gasteiger partial charge in [0.25, 0.3) is 5.91 Å². The van der Waals surface area contributed by atoms with Gasteiger partial charge in [0.05, 0.1) is 11.8 Å². The number of benzene rings is 1. The van der Waals surface area contributed by atoms with Crippen LogP contribution in [0.1, 0.15) is 26.4 Å². The first kappa shape index (κ1) is 21.4. The molecule has 3 heterocycles. The maximum absolute atomic E-state index is 13.6. The Hall–Kier alpha value is -3.83. The fourth-order valence-corrected chi connectivity index (χ4v) is 3.11. The number of hydrazine groups is 1. The number of carbonyl (C=O) groups is 2. The molecule has 1 aromatic carbocycles. The Kier molecular flexibility index (Phi) is 5.59. The molecule has 2 N–H and O–H groups in total. The van der Waals surface area contributed by atoms with Gasteiger partial charge in [-0.25, -0.2) is 9.78 Å². The minimum atomic E-state index is -4.79. The number of hydrogen-bond donors (Lipinski definition) is 2. The molecule has 0 fully saturated rings. The van der Waals surface area contributed by atoms with E-state index in [1.807, 2.05) is 5.59 Å². The van der Waals surface area contributed by atoms with Crippen molar-refractivity contribution in [1.82, 2.24) is 20.4 Å². The highest BCUT2D eigenvalue weighted by Crippen LogP contribution is 2.37. The van der Waals surface area contributed by atoms with Crippen molar-refractivity contribution < 1.29 is 32.0 Å². The van der Waals surface area contributed by atoms with Crippen LogP contribution < -0.4 is 11.0 Å². The normalized spacial score (nSPS) is 11.5. The van der Waals surface area contributed by atoms with Crippen molar-refractivity contribution in [3.63, 3.8) is 0 Å². The van der Waals surface area contributed by atoms with E-state index in [1.165, 1.54) is 36.7 Å². The number of furan rings is 1. The fraction of sp³-hybridized carbons (Fsp3) is 0.0500. The van der Waals surface area contributed by atoms with E-state index >= 15 is 0 Å². The molecular formula is C20H12ClF3N4O4. The summed E-state index contributed by atoms with van der Waals surface area (Å²) in [4.78, 5) is 32.7. The van der Waals surface area contributed by atoms with Gasteiger partial charge in [-0.15, -0.1) is 0 Å². The maximum Gasteiger partial charge on any atom is 0.420 e. The predicted molar refractivity (Wildman–Crippen MR) is 105 cm³/mol. The molecule has 164 valence electrons. The molecule has 0 bridgehead atoms. The molecule has 32 heavy (non-hydrogen) atoms. The van der Waals surface area contributed by atoms with E-state index in [0.717, 1.165) is 10.5 Å². The molecule has 0 saturated carbocycles. The Morgan fingerprint density at radius 3 is 2.53 bits per heavy atom. The average Bonchev–Trinajstić information content (AvgIpc) is 3.41. The zero-order valence-electron chi connectivity index (χ0n) is 15.8. The standard InChI is InChI=1S/C20H12ClF3N4O4/c21-16-15(19(30)32-27-26-18(29)11-5-2-1-3-6-11)25-17-13(20(22,23)24)9-12(10-28(16)17)14-7-4-8-31-14/h1-10,27H,(H,26,29). The van der Waals surface area contributed by atoms with Gasteiger partial charge in [-0.2, -0.15) is 13.2 Å². The Labute approximate surface area is 182 Å². The topological polar surface area (TPSA) is 97.9 Å². The monoisotopic (exact) mass is 464 g/mol. The van der Waals surface area contributed by atoms with Crippen LogP contribution in [0.5, 0.6) is 0 Å². The Morgan fingerprint density at radius 1 is 1.12 bits per heavy atom. The number of pyridine rings is 1. The second-order valence-corrected chi connectivity index (χ2v) is 6.73. The van der Waals surface area contributed by atoms with Crippen LogP contribution in [-0.4, -0.2) is 21.3 Å². The van der Waals surface area contributed by atoms with Gasteiger partial charge in [0.2, 0.25) is 0 Å². The molecule has 4 rings (SSSR count). The molecule has 0 aliphatic carbocycles. The zero-order valence-corrected chi connectivity index (χ0v) is 16.6. The van der Waals surface area contributed by atoms with Gasteiger partial charge < -0.3 is 9.25 Å². The first-order chi connectivity index (χ1) is 15.3. The number of amides is 1. The lowest BCUT2D eigenvalue weighted by Gasteiger charge is -2.10. The summed E-state index contributed by atoms with van der Waals surface area (Å²) >= 11 is 6.13. The molecule has 0 aliphatic heterocycles. The number of alkyl halides is 3. The van der Waals surface area contributed by atoms with Crippen LogP contribution in [-0.2, 0) is 11.0 Å². The highest BCUT2D eigenvalue weighted by molar-refractivity contribution is 6.32. The minimum absolute atomic E-state index is 0.0716. The fourth-order valence-electron chi connectivity index (χ4n) is 2.86. The van der Waals surface area contributed by atoms with Gasteiger partial charge in [-0.1, -0.05) is 35.4 Å². The lowest BCUT2D eigenvalue weighted by atomic mass is 10.1. The molecule has 12 heteroatoms. The van der Waals surface area contributed by atoms with Gasteiger partial charge >= 0.3 is 12.1 Å². The van der Waals surface area contributed by atoms with Crippen LogP contribution in [0, 0.1) is 0 Å². The van der Waals surface area contributed by atoms with Crippen LogP contribution in [0.2, 0.25) is 5.15 Å². The number of rotatable bonds is 5. The summed E-state index contributed by atoms with van der Waals surface area (Å²) in [7, 11) is 0. The van der Waals surface area contributed by atoms with E-state index in [-0.39, 0.29) is 16.9 Å². The maximum atomic E-state index is 13.6. The minimum Gasteiger partial charge on any atom is -0.464 e. The van der Waals surface area contributed by atoms with Crippen molar-refractivity contribution in [2.24, 2.45) is 0 Å². The highest BCUT2D eigenvalue weighted by Gasteiger charge is 2.36. The number of halogens is 4. The third-order valence-corrected chi connectivity index (χ3v) is 4.67. The van der Waals surface area contributed by atoms with Crippen molar-refractivity contribution >= 4 is 29.1 Å². The van der Waals surface area contributed by atoms with Gasteiger partial charge in [0.15, 0.2) is 11.3 Å². The summed E-state index contributed by atoms with van der Waals surface area (Å²) in [5.41, 5.74) is 2.09. The summed E-state index contributed by atoms with van der Waals surface area (Å²) in [6.45, 7) is 0. The summed E-state index contributed by atoms with van der Waals surface area (Å²) in [5.74, 6) is -1.65. The third-order valence-electron chi connectivity index (χ3n) is 4.31. The van der Waals surface area contributed by atoms with E-state index in [1.54, 1.807) is 18.2 Å². The first-order valence-corrected chi connectivity index (χ1v) is 9.27. The predicted octanol–water partition coefficient (Wildman–Crippen LogP) is 4.27. The molecule has 4 aromatic rings. The Morgan fingerprint density at radius 2 is 1.88 bits per heavy atom. The van der Waals surface area contributed by atoms with Crippen LogP contribution in [0.25, 0.3) is 17.0 Å². The first-order valence-electron chi connectivity index (χ1n) is 8.90. The molecule has 0 atom stereocenters. The van der Waals surface area contributed by atoms with Crippen LogP contribution >= 0.6 is 11.6 Å². The van der Waals surface area contributed by atoms with Crippen molar-refractivity contribution in [3.8, 4) is 11.3 Å². The summed E-state index contributed by atoms with van der Waals surface area (Å²) in [6, 6.07) is 11.8. The molecular weight excluding hydrogens is 453 g/mol. The quantitative estimate of drug-likeness (QED) is 0.428. The summed E-state index contributed by atoms with van der Waals surface area (Å²) in [6.07, 6.45) is -2.23. The lowest BCUT2D eigenvalue weighted by Crippen LogP contribution is -2.39. The molecule has 8 nitrogen and oxygen atoms in total. The van der Waals surface area contributed by atoms with Gasteiger partial charge in [0, 0.05) is 17.3 Å². The van der Waals surface area contributed by atoms with E-state index < -0.39 is 40.1 Å².